The summed E-state index contributed by atoms with van der Waals surface area (Å²) in [7, 11) is 0. The Kier molecular flexibility index (Phi) is 3.98. The normalized spacial score (nSPS) is 24.1. The number of nitrogens with zero attached hydrogens (tertiary/aromatic N) is 1. The molecule has 1 aliphatic rings. The molecule has 1 unspecified atom stereocenters. The van der Waals surface area contributed by atoms with Gasteiger partial charge in [-0.2, -0.15) is 0 Å². The fourth-order valence-electron chi connectivity index (χ4n) is 3.51. The molecule has 19 heavy (non-hydrogen) atoms. The van der Waals surface area contributed by atoms with E-state index in [9.17, 15) is 0 Å². The molecule has 0 aromatic carbocycles. The Morgan fingerprint density at radius 3 is 2.37 bits per heavy atom. The van der Waals surface area contributed by atoms with Crippen LogP contribution in [0, 0.1) is 0 Å². The maximum atomic E-state index is 4.44. The summed E-state index contributed by atoms with van der Waals surface area (Å²) in [6.07, 6.45) is 4.16. The van der Waals surface area contributed by atoms with Crippen LogP contribution in [0.15, 0.2) is 24.4 Å². The highest BCUT2D eigenvalue weighted by molar-refractivity contribution is 5.09. The number of rotatable bonds is 3. The van der Waals surface area contributed by atoms with Gasteiger partial charge in [-0.25, -0.2) is 0 Å². The first-order chi connectivity index (χ1) is 8.77. The molecule has 1 fully saturated rings. The summed E-state index contributed by atoms with van der Waals surface area (Å²) in [6.45, 7) is 11.3. The zero-order chi connectivity index (χ0) is 14.1. The molecule has 0 spiro atoms. The summed E-state index contributed by atoms with van der Waals surface area (Å²) < 4.78 is 0. The number of nitrogens with one attached hydrogen (secondary N) is 2. The van der Waals surface area contributed by atoms with Gasteiger partial charge in [0.15, 0.2) is 0 Å². The Morgan fingerprint density at radius 1 is 1.21 bits per heavy atom. The molecule has 106 valence electrons. The average molecular weight is 261 g/mol. The molecule has 1 aromatic rings. The van der Waals surface area contributed by atoms with E-state index in [4.69, 9.17) is 0 Å². The van der Waals surface area contributed by atoms with Gasteiger partial charge < -0.3 is 10.6 Å². The highest BCUT2D eigenvalue weighted by Gasteiger charge is 2.37. The number of hydrogen-bond acceptors (Lipinski definition) is 3. The van der Waals surface area contributed by atoms with Crippen molar-refractivity contribution in [2.45, 2.75) is 70.6 Å². The maximum absolute atomic E-state index is 4.44. The molecule has 1 aromatic heterocycles. The van der Waals surface area contributed by atoms with E-state index in [1.165, 1.54) is 0 Å². The van der Waals surface area contributed by atoms with Gasteiger partial charge in [-0.3, -0.25) is 4.98 Å². The molecule has 1 atom stereocenters. The lowest BCUT2D eigenvalue weighted by molar-refractivity contribution is 0.140. The maximum Gasteiger partial charge on any atom is 0.0570 e. The number of pyridine rings is 1. The SMILES string of the molecule is CC(NC1CC(C)(C)NC(C)(C)C1)c1ccccn1. The number of aromatic nitrogens is 1. The molecule has 2 heterocycles. The number of hydrogen-bond donors (Lipinski definition) is 2. The van der Waals surface area contributed by atoms with Gasteiger partial charge in [0.2, 0.25) is 0 Å². The molecule has 0 aliphatic carbocycles. The summed E-state index contributed by atoms with van der Waals surface area (Å²) in [6, 6.07) is 6.94. The number of piperidine rings is 1. The molecule has 0 radical (unpaired) electrons. The van der Waals surface area contributed by atoms with Crippen molar-refractivity contribution in [2.24, 2.45) is 0 Å². The lowest BCUT2D eigenvalue weighted by Gasteiger charge is -2.47. The Bertz CT molecular complexity index is 395. The van der Waals surface area contributed by atoms with Crippen molar-refractivity contribution in [3.05, 3.63) is 30.1 Å². The predicted octanol–water partition coefficient (Wildman–Crippen LogP) is 3.04. The second-order valence-corrected chi connectivity index (χ2v) is 7.14. The van der Waals surface area contributed by atoms with Crippen LogP contribution < -0.4 is 10.6 Å². The van der Waals surface area contributed by atoms with Crippen molar-refractivity contribution >= 4 is 0 Å². The predicted molar refractivity (Wildman–Crippen MR) is 80.1 cm³/mol. The monoisotopic (exact) mass is 261 g/mol. The minimum absolute atomic E-state index is 0.184. The molecule has 0 bridgehead atoms. The van der Waals surface area contributed by atoms with Crippen molar-refractivity contribution in [2.75, 3.05) is 0 Å². The van der Waals surface area contributed by atoms with Crippen LogP contribution in [0.25, 0.3) is 0 Å². The molecule has 1 aliphatic heterocycles. The van der Waals surface area contributed by atoms with Gasteiger partial charge in [0, 0.05) is 29.4 Å². The Balaban J connectivity index is 2.03. The van der Waals surface area contributed by atoms with Crippen LogP contribution in [0.1, 0.15) is 59.2 Å². The van der Waals surface area contributed by atoms with E-state index in [-0.39, 0.29) is 11.1 Å². The van der Waals surface area contributed by atoms with E-state index < -0.39 is 0 Å². The first-order valence-electron chi connectivity index (χ1n) is 7.24. The van der Waals surface area contributed by atoms with E-state index in [0.717, 1.165) is 18.5 Å². The third-order valence-electron chi connectivity index (χ3n) is 3.81. The third kappa shape index (κ3) is 4.02. The highest BCUT2D eigenvalue weighted by Crippen LogP contribution is 2.29. The summed E-state index contributed by atoms with van der Waals surface area (Å²) in [4.78, 5) is 4.44. The van der Waals surface area contributed by atoms with Crippen LogP contribution in [-0.4, -0.2) is 22.1 Å². The molecular formula is C16H27N3. The lowest BCUT2D eigenvalue weighted by Crippen LogP contribution is -2.61. The molecule has 3 nitrogen and oxygen atoms in total. The van der Waals surface area contributed by atoms with E-state index in [2.05, 4.69) is 62.4 Å². The van der Waals surface area contributed by atoms with E-state index in [0.29, 0.717) is 12.1 Å². The van der Waals surface area contributed by atoms with E-state index in [1.807, 2.05) is 12.3 Å². The average Bonchev–Trinajstić information content (AvgIpc) is 2.25. The summed E-state index contributed by atoms with van der Waals surface area (Å²) in [5, 5.41) is 7.46. The molecule has 2 rings (SSSR count). The van der Waals surface area contributed by atoms with Crippen LogP contribution in [0.3, 0.4) is 0 Å². The van der Waals surface area contributed by atoms with Crippen LogP contribution in [0.5, 0.6) is 0 Å². The van der Waals surface area contributed by atoms with E-state index >= 15 is 0 Å². The van der Waals surface area contributed by atoms with Crippen molar-refractivity contribution in [1.29, 1.82) is 0 Å². The van der Waals surface area contributed by atoms with Gasteiger partial charge >= 0.3 is 0 Å². The quantitative estimate of drug-likeness (QED) is 0.878. The van der Waals surface area contributed by atoms with E-state index in [1.54, 1.807) is 0 Å². The largest absolute Gasteiger partial charge is 0.307 e. The van der Waals surface area contributed by atoms with Crippen molar-refractivity contribution in [1.82, 2.24) is 15.6 Å². The van der Waals surface area contributed by atoms with Gasteiger partial charge in [-0.1, -0.05) is 6.07 Å². The minimum atomic E-state index is 0.184. The van der Waals surface area contributed by atoms with Crippen molar-refractivity contribution in [3.63, 3.8) is 0 Å². The van der Waals surface area contributed by atoms with Gasteiger partial charge in [0.25, 0.3) is 0 Å². The zero-order valence-electron chi connectivity index (χ0n) is 12.8. The second-order valence-electron chi connectivity index (χ2n) is 7.14. The minimum Gasteiger partial charge on any atom is -0.307 e. The first kappa shape index (κ1) is 14.5. The summed E-state index contributed by atoms with van der Waals surface area (Å²) in [5.74, 6) is 0. The first-order valence-corrected chi connectivity index (χ1v) is 7.24. The van der Waals surface area contributed by atoms with Crippen molar-refractivity contribution in [3.8, 4) is 0 Å². The highest BCUT2D eigenvalue weighted by atomic mass is 15.1. The Hall–Kier alpha value is -0.930. The summed E-state index contributed by atoms with van der Waals surface area (Å²) >= 11 is 0. The molecule has 0 amide bonds. The molecule has 2 N–H and O–H groups in total. The molecule has 0 saturated carbocycles. The Labute approximate surface area is 117 Å². The fraction of sp³-hybridized carbons (Fsp3) is 0.688. The van der Waals surface area contributed by atoms with Crippen LogP contribution in [-0.2, 0) is 0 Å². The van der Waals surface area contributed by atoms with Crippen LogP contribution in [0.4, 0.5) is 0 Å². The molecular weight excluding hydrogens is 234 g/mol. The second kappa shape index (κ2) is 5.22. The van der Waals surface area contributed by atoms with Crippen LogP contribution >= 0.6 is 0 Å². The molecule has 3 heteroatoms. The van der Waals surface area contributed by atoms with Gasteiger partial charge in [-0.15, -0.1) is 0 Å². The Morgan fingerprint density at radius 2 is 1.84 bits per heavy atom. The zero-order valence-corrected chi connectivity index (χ0v) is 12.8. The van der Waals surface area contributed by atoms with Gasteiger partial charge in [0.1, 0.15) is 0 Å². The standard InChI is InChI=1S/C16H27N3/c1-12(14-8-6-7-9-17-14)18-13-10-15(2,3)19-16(4,5)11-13/h6-9,12-13,18-19H,10-11H2,1-5H3. The summed E-state index contributed by atoms with van der Waals surface area (Å²) in [5.41, 5.74) is 1.49. The third-order valence-corrected chi connectivity index (χ3v) is 3.81. The topological polar surface area (TPSA) is 37.0 Å². The lowest BCUT2D eigenvalue weighted by atomic mass is 9.79. The molecule has 1 saturated heterocycles. The smallest absolute Gasteiger partial charge is 0.0570 e. The van der Waals surface area contributed by atoms with Crippen LogP contribution in [0.2, 0.25) is 0 Å². The van der Waals surface area contributed by atoms with Gasteiger partial charge in [-0.05, 0) is 59.6 Å². The van der Waals surface area contributed by atoms with Crippen molar-refractivity contribution < 1.29 is 0 Å². The van der Waals surface area contributed by atoms with Gasteiger partial charge in [0.05, 0.1) is 5.69 Å². The fourth-order valence-corrected chi connectivity index (χ4v) is 3.51.